The average molecular weight is 387 g/mol. The second-order valence-electron chi connectivity index (χ2n) is 7.45. The highest BCUT2D eigenvalue weighted by atomic mass is 16.5. The van der Waals surface area contributed by atoms with E-state index in [1.807, 2.05) is 26.0 Å². The first kappa shape index (κ1) is 17.6. The van der Waals surface area contributed by atoms with E-state index in [-0.39, 0.29) is 11.9 Å². The van der Waals surface area contributed by atoms with Crippen molar-refractivity contribution in [3.05, 3.63) is 64.8 Å². The van der Waals surface area contributed by atoms with E-state index in [1.165, 1.54) is 5.56 Å². The standard InChI is InChI=1S/C22H21N5O2/c1-3-19-26-20(27-29-19)14-4-6-15-13(9-14)5-7-18(15)25-22(28)17-11-24-21-16(17)8-12(2)10-23-21/h4,6,8-11,18H,3,5,7H2,1-2H3,(H,23,24)(H,25,28)/t18-/m1/s1. The van der Waals surface area contributed by atoms with E-state index in [2.05, 4.69) is 37.6 Å². The second-order valence-corrected chi connectivity index (χ2v) is 7.45. The van der Waals surface area contributed by atoms with Crippen LogP contribution in [0.5, 0.6) is 0 Å². The van der Waals surface area contributed by atoms with Crippen LogP contribution in [0.25, 0.3) is 22.4 Å². The van der Waals surface area contributed by atoms with Gasteiger partial charge in [-0.05, 0) is 48.6 Å². The Kier molecular flexibility index (Phi) is 4.16. The first-order valence-corrected chi connectivity index (χ1v) is 9.82. The molecule has 1 aromatic carbocycles. The van der Waals surface area contributed by atoms with Crippen molar-refractivity contribution in [3.8, 4) is 11.4 Å². The molecule has 0 saturated heterocycles. The number of hydrogen-bond donors (Lipinski definition) is 2. The summed E-state index contributed by atoms with van der Waals surface area (Å²) in [6, 6.07) is 8.13. The highest BCUT2D eigenvalue weighted by Gasteiger charge is 2.26. The van der Waals surface area contributed by atoms with Crippen LogP contribution in [0.4, 0.5) is 0 Å². The summed E-state index contributed by atoms with van der Waals surface area (Å²) in [6.07, 6.45) is 6.01. The number of aryl methyl sites for hydroxylation is 3. The third kappa shape index (κ3) is 3.08. The van der Waals surface area contributed by atoms with Gasteiger partial charge in [-0.3, -0.25) is 4.79 Å². The molecule has 0 fully saturated rings. The van der Waals surface area contributed by atoms with Gasteiger partial charge < -0.3 is 14.8 Å². The van der Waals surface area contributed by atoms with E-state index in [1.54, 1.807) is 12.4 Å². The van der Waals surface area contributed by atoms with Crippen molar-refractivity contribution in [2.45, 2.75) is 39.2 Å². The van der Waals surface area contributed by atoms with Gasteiger partial charge in [-0.25, -0.2) is 4.98 Å². The van der Waals surface area contributed by atoms with E-state index in [9.17, 15) is 4.79 Å². The van der Waals surface area contributed by atoms with Crippen LogP contribution in [0.2, 0.25) is 0 Å². The molecular weight excluding hydrogens is 366 g/mol. The average Bonchev–Trinajstić information content (AvgIpc) is 3.45. The minimum atomic E-state index is -0.0867. The maximum atomic E-state index is 12.9. The predicted molar refractivity (Wildman–Crippen MR) is 108 cm³/mol. The Labute approximate surface area is 167 Å². The zero-order valence-corrected chi connectivity index (χ0v) is 16.3. The largest absolute Gasteiger partial charge is 0.345 e. The Balaban J connectivity index is 1.39. The molecule has 0 aliphatic heterocycles. The van der Waals surface area contributed by atoms with E-state index in [4.69, 9.17) is 4.52 Å². The molecule has 3 aromatic heterocycles. The van der Waals surface area contributed by atoms with Gasteiger partial charge in [-0.15, -0.1) is 0 Å². The molecule has 3 heterocycles. The minimum absolute atomic E-state index is 0.00857. The Morgan fingerprint density at radius 2 is 2.24 bits per heavy atom. The molecule has 7 heteroatoms. The van der Waals surface area contributed by atoms with Gasteiger partial charge in [0.1, 0.15) is 5.65 Å². The molecule has 1 atom stereocenters. The highest BCUT2D eigenvalue weighted by Crippen LogP contribution is 2.34. The molecule has 1 aliphatic carbocycles. The van der Waals surface area contributed by atoms with E-state index in [0.29, 0.717) is 17.3 Å². The van der Waals surface area contributed by atoms with Gasteiger partial charge >= 0.3 is 0 Å². The van der Waals surface area contributed by atoms with Crippen LogP contribution in [0.1, 0.15) is 52.3 Å². The lowest BCUT2D eigenvalue weighted by Crippen LogP contribution is -2.26. The number of carbonyl (C=O) groups excluding carboxylic acids is 1. The number of fused-ring (bicyclic) bond motifs is 2. The topological polar surface area (TPSA) is 96.7 Å². The van der Waals surface area contributed by atoms with Crippen molar-refractivity contribution in [3.63, 3.8) is 0 Å². The Morgan fingerprint density at radius 1 is 1.34 bits per heavy atom. The third-order valence-corrected chi connectivity index (χ3v) is 5.47. The van der Waals surface area contributed by atoms with Gasteiger partial charge in [-0.1, -0.05) is 24.2 Å². The second kappa shape index (κ2) is 6.84. The monoisotopic (exact) mass is 387 g/mol. The van der Waals surface area contributed by atoms with E-state index < -0.39 is 0 Å². The minimum Gasteiger partial charge on any atom is -0.345 e. The quantitative estimate of drug-likeness (QED) is 0.553. The molecule has 0 spiro atoms. The summed E-state index contributed by atoms with van der Waals surface area (Å²) in [5, 5.41) is 8.09. The first-order chi connectivity index (χ1) is 14.1. The summed E-state index contributed by atoms with van der Waals surface area (Å²) in [6.45, 7) is 3.96. The number of rotatable bonds is 4. The van der Waals surface area contributed by atoms with Crippen LogP contribution >= 0.6 is 0 Å². The molecule has 7 nitrogen and oxygen atoms in total. The number of aromatic amines is 1. The van der Waals surface area contributed by atoms with Gasteiger partial charge in [0.2, 0.25) is 11.7 Å². The van der Waals surface area contributed by atoms with Crippen LogP contribution in [0.15, 0.2) is 41.2 Å². The predicted octanol–water partition coefficient (Wildman–Crippen LogP) is 3.90. The number of nitrogens with zero attached hydrogens (tertiary/aromatic N) is 3. The fourth-order valence-corrected chi connectivity index (χ4v) is 3.95. The van der Waals surface area contributed by atoms with Crippen molar-refractivity contribution < 1.29 is 9.32 Å². The molecule has 0 bridgehead atoms. The highest BCUT2D eigenvalue weighted by molar-refractivity contribution is 6.06. The smallest absolute Gasteiger partial charge is 0.253 e. The lowest BCUT2D eigenvalue weighted by atomic mass is 10.0. The zero-order chi connectivity index (χ0) is 20.0. The van der Waals surface area contributed by atoms with Gasteiger partial charge in [-0.2, -0.15) is 4.98 Å². The molecule has 4 aromatic rings. The molecule has 5 rings (SSSR count). The van der Waals surface area contributed by atoms with Crippen molar-refractivity contribution in [1.29, 1.82) is 0 Å². The first-order valence-electron chi connectivity index (χ1n) is 9.82. The van der Waals surface area contributed by atoms with E-state index >= 15 is 0 Å². The van der Waals surface area contributed by atoms with Gasteiger partial charge in [0.15, 0.2) is 0 Å². The molecular formula is C22H21N5O2. The van der Waals surface area contributed by atoms with Crippen LogP contribution in [-0.2, 0) is 12.8 Å². The van der Waals surface area contributed by atoms with Crippen molar-refractivity contribution >= 4 is 16.9 Å². The Morgan fingerprint density at radius 3 is 3.07 bits per heavy atom. The summed E-state index contributed by atoms with van der Waals surface area (Å²) in [4.78, 5) is 24.8. The lowest BCUT2D eigenvalue weighted by molar-refractivity contribution is 0.0938. The van der Waals surface area contributed by atoms with Gasteiger partial charge in [0.05, 0.1) is 11.6 Å². The maximum Gasteiger partial charge on any atom is 0.253 e. The summed E-state index contributed by atoms with van der Waals surface area (Å²) < 4.78 is 5.22. The van der Waals surface area contributed by atoms with Gasteiger partial charge in [0, 0.05) is 29.8 Å². The molecule has 146 valence electrons. The van der Waals surface area contributed by atoms with Crippen molar-refractivity contribution in [2.24, 2.45) is 0 Å². The van der Waals surface area contributed by atoms with Crippen LogP contribution < -0.4 is 5.32 Å². The number of hydrogen-bond acceptors (Lipinski definition) is 5. The van der Waals surface area contributed by atoms with Crippen molar-refractivity contribution in [1.82, 2.24) is 25.4 Å². The van der Waals surface area contributed by atoms with Crippen LogP contribution in [-0.4, -0.2) is 26.0 Å². The Bertz CT molecular complexity index is 1220. The molecule has 0 unspecified atom stereocenters. The molecule has 0 saturated carbocycles. The maximum absolute atomic E-state index is 12.9. The summed E-state index contributed by atoms with van der Waals surface area (Å²) >= 11 is 0. The van der Waals surface area contributed by atoms with Crippen LogP contribution in [0.3, 0.4) is 0 Å². The summed E-state index contributed by atoms with van der Waals surface area (Å²) in [5.41, 5.74) is 5.68. The fourth-order valence-electron chi connectivity index (χ4n) is 3.95. The summed E-state index contributed by atoms with van der Waals surface area (Å²) in [7, 11) is 0. The number of pyridine rings is 1. The normalized spacial score (nSPS) is 15.6. The fraction of sp³-hybridized carbons (Fsp3) is 0.273. The van der Waals surface area contributed by atoms with Crippen molar-refractivity contribution in [2.75, 3.05) is 0 Å². The van der Waals surface area contributed by atoms with E-state index in [0.717, 1.165) is 47.0 Å². The number of nitrogens with one attached hydrogen (secondary N) is 2. The number of benzene rings is 1. The number of carbonyl (C=O) groups is 1. The lowest BCUT2D eigenvalue weighted by Gasteiger charge is -2.14. The molecule has 29 heavy (non-hydrogen) atoms. The van der Waals surface area contributed by atoms with Crippen LogP contribution in [0, 0.1) is 6.92 Å². The SMILES string of the molecule is CCc1nc(-c2ccc3c(c2)CC[C@H]3NC(=O)c2c[nH]c3ncc(C)cc23)no1. The third-order valence-electron chi connectivity index (χ3n) is 5.47. The Hall–Kier alpha value is -3.48. The molecule has 1 amide bonds. The molecule has 0 radical (unpaired) electrons. The summed E-state index contributed by atoms with van der Waals surface area (Å²) in [5.74, 6) is 1.16. The molecule has 2 N–H and O–H groups in total. The number of amides is 1. The zero-order valence-electron chi connectivity index (χ0n) is 16.3. The number of aromatic nitrogens is 4. The molecule has 1 aliphatic rings. The van der Waals surface area contributed by atoms with Gasteiger partial charge in [0.25, 0.3) is 5.91 Å². The number of H-pyrrole nitrogens is 1.